The Morgan fingerprint density at radius 3 is 2.19 bits per heavy atom. The molecule has 7 nitrogen and oxygen atoms in total. The SMILES string of the molecule is CC(C)CNC(=O)NC(=O)C(C)Nc1ccc(N2CCN(Cc3ccccc3)CC2)cc1. The predicted octanol–water partition coefficient (Wildman–Crippen LogP) is 3.29. The van der Waals surface area contributed by atoms with Crippen molar-refractivity contribution in [2.75, 3.05) is 42.9 Å². The van der Waals surface area contributed by atoms with Crippen LogP contribution < -0.4 is 20.9 Å². The van der Waals surface area contributed by atoms with Crippen molar-refractivity contribution in [1.29, 1.82) is 0 Å². The normalized spacial score (nSPS) is 15.3. The molecule has 0 aromatic heterocycles. The van der Waals surface area contributed by atoms with Crippen molar-refractivity contribution in [2.45, 2.75) is 33.4 Å². The first-order valence-corrected chi connectivity index (χ1v) is 11.4. The fourth-order valence-electron chi connectivity index (χ4n) is 3.65. The standard InChI is InChI=1S/C25H35N5O2/c1-19(2)17-26-25(32)28-24(31)20(3)27-22-9-11-23(12-10-22)30-15-13-29(14-16-30)18-21-7-5-4-6-8-21/h4-12,19-20,27H,13-18H2,1-3H3,(H2,26,28,31,32). The number of carbonyl (C=O) groups excluding carboxylic acids is 2. The van der Waals surface area contributed by atoms with Gasteiger partial charge in [0.05, 0.1) is 0 Å². The zero-order valence-electron chi connectivity index (χ0n) is 19.3. The molecule has 7 heteroatoms. The first kappa shape index (κ1) is 23.6. The van der Waals surface area contributed by atoms with Crippen LogP contribution in [0, 0.1) is 5.92 Å². The number of hydrogen-bond acceptors (Lipinski definition) is 5. The molecule has 2 aromatic rings. The molecule has 3 N–H and O–H groups in total. The largest absolute Gasteiger partial charge is 0.374 e. The lowest BCUT2D eigenvalue weighted by Crippen LogP contribution is -2.46. The maximum atomic E-state index is 12.2. The topological polar surface area (TPSA) is 76.7 Å². The number of nitrogens with zero attached hydrogens (tertiary/aromatic N) is 2. The lowest BCUT2D eigenvalue weighted by Gasteiger charge is -2.36. The summed E-state index contributed by atoms with van der Waals surface area (Å²) in [6.07, 6.45) is 0. The highest BCUT2D eigenvalue weighted by atomic mass is 16.2. The molecule has 172 valence electrons. The number of urea groups is 1. The Kier molecular flexibility index (Phi) is 8.50. The first-order chi connectivity index (χ1) is 15.4. The van der Waals surface area contributed by atoms with Gasteiger partial charge in [0.25, 0.3) is 0 Å². The highest BCUT2D eigenvalue weighted by Gasteiger charge is 2.18. The Labute approximate surface area is 191 Å². The fourth-order valence-corrected chi connectivity index (χ4v) is 3.65. The third kappa shape index (κ3) is 7.27. The van der Waals surface area contributed by atoms with Gasteiger partial charge >= 0.3 is 6.03 Å². The molecule has 0 aliphatic carbocycles. The summed E-state index contributed by atoms with van der Waals surface area (Å²) < 4.78 is 0. The van der Waals surface area contributed by atoms with Crippen molar-refractivity contribution < 1.29 is 9.59 Å². The van der Waals surface area contributed by atoms with Crippen LogP contribution in [0.3, 0.4) is 0 Å². The summed E-state index contributed by atoms with van der Waals surface area (Å²) in [6.45, 7) is 11.3. The van der Waals surface area contributed by atoms with Crippen LogP contribution in [0.2, 0.25) is 0 Å². The molecule has 1 heterocycles. The summed E-state index contributed by atoms with van der Waals surface area (Å²) in [7, 11) is 0. The maximum Gasteiger partial charge on any atom is 0.321 e. The van der Waals surface area contributed by atoms with Gasteiger partial charge < -0.3 is 15.5 Å². The van der Waals surface area contributed by atoms with Gasteiger partial charge in [-0.3, -0.25) is 15.0 Å². The first-order valence-electron chi connectivity index (χ1n) is 11.4. The van der Waals surface area contributed by atoms with Crippen LogP contribution in [-0.2, 0) is 11.3 Å². The lowest BCUT2D eigenvalue weighted by molar-refractivity contribution is -0.120. The molecule has 1 saturated heterocycles. The van der Waals surface area contributed by atoms with E-state index in [-0.39, 0.29) is 5.91 Å². The van der Waals surface area contributed by atoms with Gasteiger partial charge in [0.1, 0.15) is 6.04 Å². The van der Waals surface area contributed by atoms with Crippen molar-refractivity contribution >= 4 is 23.3 Å². The molecule has 1 aliphatic rings. The van der Waals surface area contributed by atoms with E-state index in [4.69, 9.17) is 0 Å². The van der Waals surface area contributed by atoms with E-state index in [1.54, 1.807) is 6.92 Å². The minimum absolute atomic E-state index is 0.330. The Balaban J connectivity index is 1.44. The molecule has 0 spiro atoms. The van der Waals surface area contributed by atoms with Gasteiger partial charge in [-0.25, -0.2) is 4.79 Å². The molecule has 3 rings (SSSR count). The number of rotatable bonds is 8. The Hall–Kier alpha value is -3.06. The Bertz CT molecular complexity index is 862. The molecule has 32 heavy (non-hydrogen) atoms. The van der Waals surface area contributed by atoms with Crippen LogP contribution in [0.4, 0.5) is 16.2 Å². The minimum atomic E-state index is -0.521. The van der Waals surface area contributed by atoms with Crippen LogP contribution in [0.1, 0.15) is 26.3 Å². The van der Waals surface area contributed by atoms with Crippen molar-refractivity contribution in [3.63, 3.8) is 0 Å². The Morgan fingerprint density at radius 1 is 0.906 bits per heavy atom. The van der Waals surface area contributed by atoms with E-state index in [0.717, 1.165) is 38.4 Å². The van der Waals surface area contributed by atoms with Gasteiger partial charge in [0, 0.05) is 50.6 Å². The summed E-state index contributed by atoms with van der Waals surface area (Å²) in [5, 5.41) is 8.22. The third-order valence-corrected chi connectivity index (χ3v) is 5.54. The molecule has 0 radical (unpaired) electrons. The molecule has 1 fully saturated rings. The number of benzene rings is 2. The molecule has 1 atom stereocenters. The molecular formula is C25H35N5O2. The Morgan fingerprint density at radius 2 is 1.56 bits per heavy atom. The molecule has 1 unspecified atom stereocenters. The summed E-state index contributed by atoms with van der Waals surface area (Å²) in [4.78, 5) is 28.9. The smallest absolute Gasteiger partial charge is 0.321 e. The van der Waals surface area contributed by atoms with Gasteiger partial charge in [0.2, 0.25) is 5.91 Å². The van der Waals surface area contributed by atoms with Crippen LogP contribution in [0.15, 0.2) is 54.6 Å². The van der Waals surface area contributed by atoms with E-state index in [9.17, 15) is 9.59 Å². The number of anilines is 2. The number of imide groups is 1. The number of carbonyl (C=O) groups is 2. The number of nitrogens with one attached hydrogen (secondary N) is 3. The zero-order chi connectivity index (χ0) is 22.9. The van der Waals surface area contributed by atoms with Gasteiger partial charge in [-0.1, -0.05) is 44.2 Å². The molecule has 2 aromatic carbocycles. The summed E-state index contributed by atoms with van der Waals surface area (Å²) in [5.41, 5.74) is 3.38. The average molecular weight is 438 g/mol. The van der Waals surface area contributed by atoms with Gasteiger partial charge in [-0.2, -0.15) is 0 Å². The van der Waals surface area contributed by atoms with Crippen molar-refractivity contribution in [3.8, 4) is 0 Å². The van der Waals surface area contributed by atoms with Crippen molar-refractivity contribution in [2.24, 2.45) is 5.92 Å². The van der Waals surface area contributed by atoms with E-state index in [2.05, 4.69) is 68.2 Å². The van der Waals surface area contributed by atoms with Crippen LogP contribution in [0.25, 0.3) is 0 Å². The minimum Gasteiger partial charge on any atom is -0.374 e. The van der Waals surface area contributed by atoms with E-state index in [1.165, 1.54) is 11.3 Å². The molecule has 0 bridgehead atoms. The monoisotopic (exact) mass is 437 g/mol. The molecular weight excluding hydrogens is 402 g/mol. The summed E-state index contributed by atoms with van der Waals surface area (Å²) in [6, 6.07) is 17.7. The van der Waals surface area contributed by atoms with E-state index in [1.807, 2.05) is 26.0 Å². The third-order valence-electron chi connectivity index (χ3n) is 5.54. The average Bonchev–Trinajstić information content (AvgIpc) is 2.79. The number of piperazine rings is 1. The second kappa shape index (κ2) is 11.5. The summed E-state index contributed by atoms with van der Waals surface area (Å²) in [5.74, 6) is -0.0263. The maximum absolute atomic E-state index is 12.2. The van der Waals surface area contributed by atoms with E-state index < -0.39 is 12.1 Å². The van der Waals surface area contributed by atoms with Crippen molar-refractivity contribution in [3.05, 3.63) is 60.2 Å². The highest BCUT2D eigenvalue weighted by Crippen LogP contribution is 2.20. The molecule has 0 saturated carbocycles. The van der Waals surface area contributed by atoms with Gasteiger partial charge in [-0.05, 0) is 42.7 Å². The zero-order valence-corrected chi connectivity index (χ0v) is 19.3. The van der Waals surface area contributed by atoms with Crippen LogP contribution in [0.5, 0.6) is 0 Å². The quantitative estimate of drug-likeness (QED) is 0.591. The van der Waals surface area contributed by atoms with Gasteiger partial charge in [0.15, 0.2) is 0 Å². The van der Waals surface area contributed by atoms with Crippen molar-refractivity contribution in [1.82, 2.24) is 15.5 Å². The molecule has 3 amide bonds. The number of amides is 3. The van der Waals surface area contributed by atoms with E-state index in [0.29, 0.717) is 12.5 Å². The second-order valence-electron chi connectivity index (χ2n) is 8.75. The summed E-state index contributed by atoms with van der Waals surface area (Å²) >= 11 is 0. The fraction of sp³-hybridized carbons (Fsp3) is 0.440. The second-order valence-corrected chi connectivity index (χ2v) is 8.75. The number of hydrogen-bond donors (Lipinski definition) is 3. The molecule has 1 aliphatic heterocycles. The lowest BCUT2D eigenvalue weighted by atomic mass is 10.2. The van der Waals surface area contributed by atoms with Crippen LogP contribution >= 0.6 is 0 Å². The van der Waals surface area contributed by atoms with E-state index >= 15 is 0 Å². The predicted molar refractivity (Wildman–Crippen MR) is 130 cm³/mol. The highest BCUT2D eigenvalue weighted by molar-refractivity contribution is 5.98. The van der Waals surface area contributed by atoms with Gasteiger partial charge in [-0.15, -0.1) is 0 Å². The van der Waals surface area contributed by atoms with Crippen LogP contribution in [-0.4, -0.2) is 55.6 Å².